The highest BCUT2D eigenvalue weighted by atomic mass is 14.8. The van der Waals surface area contributed by atoms with E-state index in [4.69, 9.17) is 9.97 Å². The number of hydrogen-bond acceptors (Lipinski definition) is 3. The van der Waals surface area contributed by atoms with E-state index in [9.17, 15) is 0 Å². The predicted molar refractivity (Wildman–Crippen MR) is 182 cm³/mol. The van der Waals surface area contributed by atoms with Gasteiger partial charge in [0.2, 0.25) is 0 Å². The zero-order valence-electron chi connectivity index (χ0n) is 23.9. The van der Waals surface area contributed by atoms with E-state index in [1.165, 1.54) is 38.2 Å². The van der Waals surface area contributed by atoms with Gasteiger partial charge >= 0.3 is 0 Å². The maximum absolute atomic E-state index is 5.02. The van der Waals surface area contributed by atoms with Crippen molar-refractivity contribution in [3.05, 3.63) is 164 Å². The summed E-state index contributed by atoms with van der Waals surface area (Å²) in [6.07, 6.45) is 3.79. The number of pyridine rings is 3. The summed E-state index contributed by atoms with van der Waals surface area (Å²) in [7, 11) is 0. The SMILES string of the molecule is c1ccc(-c2cc(-c3ccccn3)nc(-c3ccc(-c4c5ccccc5c(-c5ccccc5)c5ccccc45)cn3)c2)cc1. The first-order chi connectivity index (χ1) is 21.8. The molecule has 0 saturated carbocycles. The van der Waals surface area contributed by atoms with Crippen LogP contribution in [0.3, 0.4) is 0 Å². The number of rotatable bonds is 5. The number of hydrogen-bond donors (Lipinski definition) is 0. The van der Waals surface area contributed by atoms with Gasteiger partial charge in [0.05, 0.1) is 22.8 Å². The molecule has 44 heavy (non-hydrogen) atoms. The van der Waals surface area contributed by atoms with Crippen molar-refractivity contribution >= 4 is 21.5 Å². The molecule has 3 heterocycles. The Kier molecular flexibility index (Phi) is 6.47. The van der Waals surface area contributed by atoms with Crippen LogP contribution in [0.25, 0.3) is 77.7 Å². The third-order valence-electron chi connectivity index (χ3n) is 8.17. The van der Waals surface area contributed by atoms with Crippen molar-refractivity contribution < 1.29 is 0 Å². The summed E-state index contributed by atoms with van der Waals surface area (Å²) in [6.45, 7) is 0. The number of nitrogens with zero attached hydrogens (tertiary/aromatic N) is 3. The largest absolute Gasteiger partial charge is 0.255 e. The minimum Gasteiger partial charge on any atom is -0.255 e. The van der Waals surface area contributed by atoms with Crippen LogP contribution < -0.4 is 0 Å². The summed E-state index contributed by atoms with van der Waals surface area (Å²) in [5.74, 6) is 0. The van der Waals surface area contributed by atoms with E-state index >= 15 is 0 Å². The van der Waals surface area contributed by atoms with Crippen molar-refractivity contribution in [1.29, 1.82) is 0 Å². The second-order valence-electron chi connectivity index (χ2n) is 10.8. The molecular formula is C41H27N3. The van der Waals surface area contributed by atoms with Gasteiger partial charge in [-0.3, -0.25) is 9.97 Å². The molecule has 3 nitrogen and oxygen atoms in total. The fourth-order valence-corrected chi connectivity index (χ4v) is 6.15. The molecule has 8 aromatic rings. The molecule has 0 radical (unpaired) electrons. The van der Waals surface area contributed by atoms with E-state index in [1.807, 2.05) is 30.5 Å². The van der Waals surface area contributed by atoms with Crippen LogP contribution in [0.1, 0.15) is 0 Å². The molecular weight excluding hydrogens is 534 g/mol. The van der Waals surface area contributed by atoms with Crippen LogP contribution in [0.4, 0.5) is 0 Å². The van der Waals surface area contributed by atoms with E-state index in [1.54, 1.807) is 6.20 Å². The predicted octanol–water partition coefficient (Wildman–Crippen LogP) is 10.5. The van der Waals surface area contributed by atoms with Crippen LogP contribution >= 0.6 is 0 Å². The Morgan fingerprint density at radius 3 is 1.34 bits per heavy atom. The quantitative estimate of drug-likeness (QED) is 0.196. The Morgan fingerprint density at radius 1 is 0.318 bits per heavy atom. The smallest absolute Gasteiger partial charge is 0.0900 e. The lowest BCUT2D eigenvalue weighted by molar-refractivity contribution is 1.22. The van der Waals surface area contributed by atoms with Gasteiger partial charge in [-0.25, -0.2) is 4.98 Å². The van der Waals surface area contributed by atoms with Crippen molar-refractivity contribution in [3.63, 3.8) is 0 Å². The monoisotopic (exact) mass is 561 g/mol. The normalized spacial score (nSPS) is 11.2. The van der Waals surface area contributed by atoms with Gasteiger partial charge in [0.25, 0.3) is 0 Å². The summed E-state index contributed by atoms with van der Waals surface area (Å²) < 4.78 is 0. The minimum absolute atomic E-state index is 0.813. The maximum Gasteiger partial charge on any atom is 0.0900 e. The van der Waals surface area contributed by atoms with Crippen LogP contribution in [0.2, 0.25) is 0 Å². The van der Waals surface area contributed by atoms with Gasteiger partial charge in [0.15, 0.2) is 0 Å². The summed E-state index contributed by atoms with van der Waals surface area (Å²) in [5.41, 5.74) is 10.2. The molecule has 206 valence electrons. The molecule has 0 amide bonds. The van der Waals surface area contributed by atoms with E-state index in [0.717, 1.165) is 39.5 Å². The molecule has 0 aliphatic heterocycles. The van der Waals surface area contributed by atoms with Crippen molar-refractivity contribution in [1.82, 2.24) is 15.0 Å². The number of fused-ring (bicyclic) bond motifs is 2. The van der Waals surface area contributed by atoms with Gasteiger partial charge < -0.3 is 0 Å². The molecule has 8 rings (SSSR count). The summed E-state index contributed by atoms with van der Waals surface area (Å²) in [4.78, 5) is 14.6. The Morgan fingerprint density at radius 2 is 0.818 bits per heavy atom. The van der Waals surface area contributed by atoms with Crippen LogP contribution in [-0.2, 0) is 0 Å². The van der Waals surface area contributed by atoms with E-state index in [0.29, 0.717) is 0 Å². The molecule has 0 N–H and O–H groups in total. The van der Waals surface area contributed by atoms with Gasteiger partial charge in [-0.05, 0) is 79.7 Å². The summed E-state index contributed by atoms with van der Waals surface area (Å²) >= 11 is 0. The fourth-order valence-electron chi connectivity index (χ4n) is 6.15. The first kappa shape index (κ1) is 25.8. The molecule has 0 unspecified atom stereocenters. The van der Waals surface area contributed by atoms with E-state index < -0.39 is 0 Å². The average molecular weight is 562 g/mol. The molecule has 0 bridgehead atoms. The van der Waals surface area contributed by atoms with Crippen molar-refractivity contribution in [2.75, 3.05) is 0 Å². The molecule has 0 aliphatic rings. The van der Waals surface area contributed by atoms with Gasteiger partial charge in [-0.15, -0.1) is 0 Å². The van der Waals surface area contributed by atoms with Crippen molar-refractivity contribution in [3.8, 4) is 56.2 Å². The highest BCUT2D eigenvalue weighted by Gasteiger charge is 2.17. The first-order valence-electron chi connectivity index (χ1n) is 14.8. The Labute approximate surface area is 256 Å². The second kappa shape index (κ2) is 11.0. The topological polar surface area (TPSA) is 38.7 Å². The molecule has 0 saturated heterocycles. The van der Waals surface area contributed by atoms with Crippen molar-refractivity contribution in [2.45, 2.75) is 0 Å². The lowest BCUT2D eigenvalue weighted by Crippen LogP contribution is -1.95. The fraction of sp³-hybridized carbons (Fsp3) is 0. The van der Waals surface area contributed by atoms with Crippen LogP contribution in [-0.4, -0.2) is 15.0 Å². The van der Waals surface area contributed by atoms with Gasteiger partial charge in [-0.2, -0.15) is 0 Å². The molecule has 5 aromatic carbocycles. The highest BCUT2D eigenvalue weighted by molar-refractivity contribution is 6.21. The van der Waals surface area contributed by atoms with Crippen molar-refractivity contribution in [2.24, 2.45) is 0 Å². The lowest BCUT2D eigenvalue weighted by atomic mass is 9.86. The molecule has 0 spiro atoms. The summed E-state index contributed by atoms with van der Waals surface area (Å²) in [5, 5.41) is 4.88. The van der Waals surface area contributed by atoms with Crippen LogP contribution in [0.15, 0.2) is 164 Å². The standard InChI is InChI=1S/C41H27N3/c1-3-13-28(14-4-1)31-25-38(36-21-11-12-24-42-36)44-39(26-31)37-23-22-30(27-43-37)41-34-19-9-7-17-32(34)40(29-15-5-2-6-16-29)33-18-8-10-20-35(33)41/h1-27H. The van der Waals surface area contributed by atoms with E-state index in [-0.39, 0.29) is 0 Å². The van der Waals surface area contributed by atoms with Crippen LogP contribution in [0, 0.1) is 0 Å². The maximum atomic E-state index is 5.02. The number of aromatic nitrogens is 3. The van der Waals surface area contributed by atoms with Gasteiger partial charge in [0, 0.05) is 18.0 Å². The minimum atomic E-state index is 0.813. The lowest BCUT2D eigenvalue weighted by Gasteiger charge is -2.17. The Bertz CT molecular complexity index is 2130. The van der Waals surface area contributed by atoms with Crippen LogP contribution in [0.5, 0.6) is 0 Å². The van der Waals surface area contributed by atoms with Gasteiger partial charge in [-0.1, -0.05) is 121 Å². The van der Waals surface area contributed by atoms with E-state index in [2.05, 4.69) is 132 Å². The third kappa shape index (κ3) is 4.61. The molecule has 3 aromatic heterocycles. The number of benzene rings is 5. The molecule has 0 atom stereocenters. The first-order valence-corrected chi connectivity index (χ1v) is 14.8. The molecule has 3 heteroatoms. The summed E-state index contributed by atoms with van der Waals surface area (Å²) in [6, 6.07) is 52.8. The zero-order valence-corrected chi connectivity index (χ0v) is 23.9. The average Bonchev–Trinajstić information content (AvgIpc) is 3.11. The molecule has 0 aliphatic carbocycles. The zero-order chi connectivity index (χ0) is 29.3. The Hall–Kier alpha value is -5.93. The van der Waals surface area contributed by atoms with Gasteiger partial charge in [0.1, 0.15) is 0 Å². The second-order valence-corrected chi connectivity index (χ2v) is 10.8. The molecule has 0 fully saturated rings. The Balaban J connectivity index is 1.30. The third-order valence-corrected chi connectivity index (χ3v) is 8.17. The highest BCUT2D eigenvalue weighted by Crippen LogP contribution is 2.43.